The Morgan fingerprint density at radius 3 is 3.11 bits per heavy atom. The van der Waals surface area contributed by atoms with Gasteiger partial charge in [0.25, 0.3) is 0 Å². The predicted molar refractivity (Wildman–Crippen MR) is 67.9 cm³/mol. The second-order valence-corrected chi connectivity index (χ2v) is 4.60. The summed E-state index contributed by atoms with van der Waals surface area (Å²) in [4.78, 5) is 6.62. The quantitative estimate of drug-likeness (QED) is 0.842. The van der Waals surface area contributed by atoms with Crippen LogP contribution in [-0.2, 0) is 13.1 Å². The molecule has 0 saturated heterocycles. The van der Waals surface area contributed by atoms with Crippen LogP contribution in [0, 0.1) is 0 Å². The van der Waals surface area contributed by atoms with Gasteiger partial charge in [-0.3, -0.25) is 0 Å². The third-order valence-corrected chi connectivity index (χ3v) is 3.26. The van der Waals surface area contributed by atoms with E-state index < -0.39 is 0 Å². The minimum Gasteiger partial charge on any atom is -0.347 e. The molecule has 0 spiro atoms. The van der Waals surface area contributed by atoms with E-state index in [1.807, 2.05) is 19.2 Å². The lowest BCUT2D eigenvalue weighted by atomic mass is 10.1. The molecule has 3 heterocycles. The van der Waals surface area contributed by atoms with Gasteiger partial charge in [-0.1, -0.05) is 0 Å². The number of hydrogen-bond acceptors (Lipinski definition) is 5. The molecule has 0 fully saturated rings. The van der Waals surface area contributed by atoms with Crippen LogP contribution < -0.4 is 10.6 Å². The van der Waals surface area contributed by atoms with E-state index in [1.54, 1.807) is 6.33 Å². The summed E-state index contributed by atoms with van der Waals surface area (Å²) >= 11 is 0. The Morgan fingerprint density at radius 2 is 2.28 bits per heavy atom. The molecule has 0 bridgehead atoms. The summed E-state index contributed by atoms with van der Waals surface area (Å²) in [5.74, 6) is 1.94. The van der Waals surface area contributed by atoms with Gasteiger partial charge < -0.3 is 15.2 Å². The first-order valence-corrected chi connectivity index (χ1v) is 6.07. The number of hydrogen-bond donors (Lipinski definition) is 1. The van der Waals surface area contributed by atoms with E-state index >= 15 is 0 Å². The fourth-order valence-electron chi connectivity index (χ4n) is 2.15. The van der Waals surface area contributed by atoms with Crippen LogP contribution in [0.5, 0.6) is 0 Å². The molecule has 2 aromatic rings. The lowest BCUT2D eigenvalue weighted by Crippen LogP contribution is -2.34. The molecule has 0 aromatic carbocycles. The van der Waals surface area contributed by atoms with Gasteiger partial charge in [0.15, 0.2) is 5.82 Å². The van der Waals surface area contributed by atoms with Gasteiger partial charge in [0.2, 0.25) is 0 Å². The highest BCUT2D eigenvalue weighted by atomic mass is 15.3. The third-order valence-electron chi connectivity index (χ3n) is 3.26. The summed E-state index contributed by atoms with van der Waals surface area (Å²) in [5.41, 5.74) is 7.00. The van der Waals surface area contributed by atoms with Crippen molar-refractivity contribution in [2.75, 3.05) is 11.4 Å². The predicted octanol–water partition coefficient (Wildman–Crippen LogP) is 0.713. The van der Waals surface area contributed by atoms with E-state index in [9.17, 15) is 0 Å². The van der Waals surface area contributed by atoms with Crippen molar-refractivity contribution in [2.24, 2.45) is 5.73 Å². The smallest absolute Gasteiger partial charge is 0.152 e. The number of aromatic nitrogens is 4. The summed E-state index contributed by atoms with van der Waals surface area (Å²) < 4.78 is 2.08. The molecule has 1 unspecified atom stereocenters. The largest absolute Gasteiger partial charge is 0.347 e. The minimum absolute atomic E-state index is 0.0280. The molecule has 2 N–H and O–H groups in total. The Hall–Kier alpha value is -1.95. The van der Waals surface area contributed by atoms with Gasteiger partial charge in [0.1, 0.15) is 12.1 Å². The molecule has 3 rings (SSSR count). The van der Waals surface area contributed by atoms with Crippen molar-refractivity contribution in [3.05, 3.63) is 36.0 Å². The van der Waals surface area contributed by atoms with Crippen LogP contribution in [0.2, 0.25) is 0 Å². The number of rotatable bonds is 2. The van der Waals surface area contributed by atoms with Crippen LogP contribution in [0.3, 0.4) is 0 Å². The highest BCUT2D eigenvalue weighted by Gasteiger charge is 2.18. The molecule has 94 valence electrons. The minimum atomic E-state index is 0.0280. The normalized spacial score (nSPS) is 16.4. The van der Waals surface area contributed by atoms with Crippen molar-refractivity contribution in [1.82, 2.24) is 19.7 Å². The fraction of sp³-hybridized carbons (Fsp3) is 0.417. The Kier molecular flexibility index (Phi) is 2.71. The topological polar surface area (TPSA) is 72.9 Å². The molecular formula is C12H16N6. The van der Waals surface area contributed by atoms with Gasteiger partial charge in [0.05, 0.1) is 6.54 Å². The number of nitrogens with two attached hydrogens (primary N) is 1. The third kappa shape index (κ3) is 1.95. The average molecular weight is 244 g/mol. The van der Waals surface area contributed by atoms with Crippen molar-refractivity contribution in [2.45, 2.75) is 26.1 Å². The molecule has 6 heteroatoms. The zero-order valence-electron chi connectivity index (χ0n) is 10.3. The lowest BCUT2D eigenvalue weighted by Gasteiger charge is -2.28. The van der Waals surface area contributed by atoms with Crippen molar-refractivity contribution in [1.29, 1.82) is 0 Å². The van der Waals surface area contributed by atoms with Crippen LogP contribution in [0.4, 0.5) is 5.82 Å². The van der Waals surface area contributed by atoms with Crippen LogP contribution >= 0.6 is 0 Å². The zero-order valence-corrected chi connectivity index (χ0v) is 10.3. The summed E-state index contributed by atoms with van der Waals surface area (Å²) in [6, 6.07) is 4.04. The first-order chi connectivity index (χ1) is 8.74. The van der Waals surface area contributed by atoms with Gasteiger partial charge in [-0.05, 0) is 24.6 Å². The van der Waals surface area contributed by atoms with Crippen LogP contribution in [0.25, 0.3) is 0 Å². The molecule has 0 radical (unpaired) electrons. The van der Waals surface area contributed by atoms with Gasteiger partial charge in [-0.2, -0.15) is 0 Å². The van der Waals surface area contributed by atoms with E-state index in [-0.39, 0.29) is 6.04 Å². The van der Waals surface area contributed by atoms with Gasteiger partial charge in [-0.25, -0.2) is 4.98 Å². The molecular weight excluding hydrogens is 228 g/mol. The van der Waals surface area contributed by atoms with Crippen molar-refractivity contribution >= 4 is 5.82 Å². The van der Waals surface area contributed by atoms with E-state index in [0.29, 0.717) is 0 Å². The Morgan fingerprint density at radius 1 is 1.39 bits per heavy atom. The first-order valence-electron chi connectivity index (χ1n) is 6.07. The maximum absolute atomic E-state index is 5.90. The molecule has 6 nitrogen and oxygen atoms in total. The molecule has 1 aliphatic heterocycles. The maximum atomic E-state index is 5.90. The first kappa shape index (κ1) is 11.2. The number of anilines is 1. The molecule has 2 aromatic heterocycles. The number of fused-ring (bicyclic) bond motifs is 1. The van der Waals surface area contributed by atoms with E-state index in [1.165, 1.54) is 0 Å². The standard InChI is InChI=1S/C12H16N6/c1-9(13)10-2-3-14-11(6-10)17-4-5-18-8-15-16-12(18)7-17/h2-3,6,8-9H,4-5,7,13H2,1H3. The highest BCUT2D eigenvalue weighted by Crippen LogP contribution is 2.20. The molecule has 0 amide bonds. The fourth-order valence-corrected chi connectivity index (χ4v) is 2.15. The maximum Gasteiger partial charge on any atom is 0.152 e. The molecule has 1 atom stereocenters. The van der Waals surface area contributed by atoms with E-state index in [0.717, 1.165) is 36.8 Å². The summed E-state index contributed by atoms with van der Waals surface area (Å²) in [5, 5.41) is 8.03. The van der Waals surface area contributed by atoms with Crippen molar-refractivity contribution in [3.63, 3.8) is 0 Å². The second kappa shape index (κ2) is 4.38. The summed E-state index contributed by atoms with van der Waals surface area (Å²) in [6.45, 7) is 4.54. The summed E-state index contributed by atoms with van der Waals surface area (Å²) in [7, 11) is 0. The Balaban J connectivity index is 1.86. The van der Waals surface area contributed by atoms with Crippen molar-refractivity contribution in [3.8, 4) is 0 Å². The monoisotopic (exact) mass is 244 g/mol. The van der Waals surface area contributed by atoms with Crippen molar-refractivity contribution < 1.29 is 0 Å². The molecule has 0 saturated carbocycles. The number of pyridine rings is 1. The van der Waals surface area contributed by atoms with Crippen LogP contribution in [0.15, 0.2) is 24.7 Å². The summed E-state index contributed by atoms with van der Waals surface area (Å²) in [6.07, 6.45) is 3.59. The zero-order chi connectivity index (χ0) is 12.5. The molecule has 0 aliphatic carbocycles. The SMILES string of the molecule is CC(N)c1ccnc(N2CCn3cnnc3C2)c1. The van der Waals surface area contributed by atoms with Gasteiger partial charge >= 0.3 is 0 Å². The van der Waals surface area contributed by atoms with E-state index in [4.69, 9.17) is 5.73 Å². The Labute approximate surface area is 105 Å². The van der Waals surface area contributed by atoms with E-state index in [2.05, 4.69) is 30.7 Å². The number of nitrogens with zero attached hydrogens (tertiary/aromatic N) is 5. The van der Waals surface area contributed by atoms with Crippen LogP contribution in [-0.4, -0.2) is 26.3 Å². The van der Waals surface area contributed by atoms with Gasteiger partial charge in [-0.15, -0.1) is 10.2 Å². The highest BCUT2D eigenvalue weighted by molar-refractivity contribution is 5.42. The second-order valence-electron chi connectivity index (χ2n) is 4.60. The average Bonchev–Trinajstić information content (AvgIpc) is 2.86. The van der Waals surface area contributed by atoms with Gasteiger partial charge in [0, 0.05) is 25.3 Å². The lowest BCUT2D eigenvalue weighted by molar-refractivity contribution is 0.556. The molecule has 1 aliphatic rings. The van der Waals surface area contributed by atoms with Crippen LogP contribution in [0.1, 0.15) is 24.4 Å². The molecule has 18 heavy (non-hydrogen) atoms. The Bertz CT molecular complexity index is 547.